The fourth-order valence-corrected chi connectivity index (χ4v) is 4.83. The van der Waals surface area contributed by atoms with Gasteiger partial charge < -0.3 is 59.8 Å². The molecule has 0 aliphatic carbocycles. The number of fused-ring (bicyclic) bond motifs is 1. The summed E-state index contributed by atoms with van der Waals surface area (Å²) >= 11 is 0. The second-order valence-corrected chi connectivity index (χ2v) is 9.36. The van der Waals surface area contributed by atoms with Crippen LogP contribution in [0, 0.1) is 0 Å². The monoisotopic (exact) mass is 534 g/mol. The Labute approximate surface area is 213 Å². The summed E-state index contributed by atoms with van der Waals surface area (Å²) in [5.74, 6) is -1.80. The quantitative estimate of drug-likeness (QED) is 0.194. The van der Waals surface area contributed by atoms with E-state index in [0.717, 1.165) is 6.07 Å². The molecule has 0 saturated carbocycles. The predicted octanol–water partition coefficient (Wildman–Crippen LogP) is -1.12. The molecule has 0 radical (unpaired) electrons. The molecule has 2 fully saturated rings. The number of aromatic hydroxyl groups is 3. The lowest BCUT2D eigenvalue weighted by molar-refractivity contribution is -0.191. The first kappa shape index (κ1) is 26.3. The van der Waals surface area contributed by atoms with Crippen LogP contribution in [0.4, 0.5) is 0 Å². The van der Waals surface area contributed by atoms with Crippen molar-refractivity contribution < 1.29 is 59.8 Å². The van der Waals surface area contributed by atoms with Crippen molar-refractivity contribution in [2.45, 2.75) is 48.8 Å². The lowest BCUT2D eigenvalue weighted by Gasteiger charge is -2.38. The second kappa shape index (κ2) is 9.80. The van der Waals surface area contributed by atoms with Crippen LogP contribution in [0.1, 0.15) is 23.3 Å². The highest BCUT2D eigenvalue weighted by Crippen LogP contribution is 2.50. The minimum Gasteiger partial charge on any atom is -0.508 e. The molecular weight excluding hydrogens is 508 g/mol. The molecule has 3 heterocycles. The highest BCUT2D eigenvalue weighted by atomic mass is 16.5. The van der Waals surface area contributed by atoms with Gasteiger partial charge in [0.05, 0.1) is 24.3 Å². The van der Waals surface area contributed by atoms with Gasteiger partial charge in [-0.25, -0.2) is 0 Å². The van der Waals surface area contributed by atoms with E-state index in [1.54, 1.807) is 0 Å². The predicted molar refractivity (Wildman–Crippen MR) is 126 cm³/mol. The fourth-order valence-electron chi connectivity index (χ4n) is 4.83. The van der Waals surface area contributed by atoms with Crippen molar-refractivity contribution in [3.8, 4) is 28.6 Å². The summed E-state index contributed by atoms with van der Waals surface area (Å²) in [7, 11) is 0. The van der Waals surface area contributed by atoms with Crippen LogP contribution in [0.2, 0.25) is 0 Å². The van der Waals surface area contributed by atoms with Crippen LogP contribution in [0.3, 0.4) is 0 Å². The summed E-state index contributed by atoms with van der Waals surface area (Å²) in [6.07, 6.45) is -13.3. The molecule has 38 heavy (non-hydrogen) atoms. The van der Waals surface area contributed by atoms with Gasteiger partial charge >= 0.3 is 0 Å². The summed E-state index contributed by atoms with van der Waals surface area (Å²) < 4.78 is 16.8. The van der Waals surface area contributed by atoms with Crippen molar-refractivity contribution in [2.24, 2.45) is 0 Å². The number of aliphatic hydroxyl groups is 6. The second-order valence-electron chi connectivity index (χ2n) is 9.36. The molecule has 13 heteroatoms. The molecule has 0 unspecified atom stereocenters. The molecule has 2 aliphatic heterocycles. The van der Waals surface area contributed by atoms with Crippen LogP contribution in [0.25, 0.3) is 22.3 Å². The molecule has 13 nitrogen and oxygen atoms in total. The van der Waals surface area contributed by atoms with Crippen LogP contribution >= 0.6 is 0 Å². The summed E-state index contributed by atoms with van der Waals surface area (Å²) in [4.78, 5) is 13.3. The van der Waals surface area contributed by atoms with E-state index in [9.17, 15) is 50.8 Å². The van der Waals surface area contributed by atoms with E-state index in [2.05, 4.69) is 0 Å². The lowest BCUT2D eigenvalue weighted by Crippen LogP contribution is -2.49. The van der Waals surface area contributed by atoms with E-state index in [1.165, 1.54) is 24.3 Å². The van der Waals surface area contributed by atoms with E-state index in [0.29, 0.717) is 5.56 Å². The number of hydrogen-bond donors (Lipinski definition) is 9. The minimum absolute atomic E-state index is 0.0475. The lowest BCUT2D eigenvalue weighted by atomic mass is 9.87. The zero-order chi connectivity index (χ0) is 27.5. The first-order valence-corrected chi connectivity index (χ1v) is 11.7. The number of phenolic OH excluding ortho intramolecular Hbond substituents is 3. The molecule has 1 aromatic heterocycles. The SMILES string of the molecule is O=c1cc(-c2ccc(O)cc2)oc2c([C@@H]3OC[C@H](O)[C@@H](O)[C@H]3O)c(O)c([C@@H]3OC[C@H](O)[C@@H](O)[C@H]3O)c(O)c12. The molecule has 0 amide bonds. The van der Waals surface area contributed by atoms with Gasteiger partial charge in [-0.05, 0) is 24.3 Å². The van der Waals surface area contributed by atoms with E-state index < -0.39 is 101 Å². The summed E-state index contributed by atoms with van der Waals surface area (Å²) in [6, 6.07) is 6.60. The fraction of sp³-hybridized carbons (Fsp3) is 0.400. The normalized spacial score (nSPS) is 31.9. The highest BCUT2D eigenvalue weighted by molar-refractivity contribution is 5.91. The third kappa shape index (κ3) is 4.19. The number of aliphatic hydroxyl groups excluding tert-OH is 6. The van der Waals surface area contributed by atoms with E-state index in [-0.39, 0.29) is 11.5 Å². The van der Waals surface area contributed by atoms with Gasteiger partial charge in [-0.1, -0.05) is 0 Å². The van der Waals surface area contributed by atoms with E-state index in [1.807, 2.05) is 0 Å². The van der Waals surface area contributed by atoms with Gasteiger partial charge in [0.25, 0.3) is 0 Å². The van der Waals surface area contributed by atoms with Crippen LogP contribution in [-0.4, -0.2) is 95.8 Å². The molecule has 2 aliphatic rings. The Morgan fingerprint density at radius 2 is 1.21 bits per heavy atom. The number of ether oxygens (including phenoxy) is 2. The van der Waals surface area contributed by atoms with Crippen molar-refractivity contribution in [3.05, 3.63) is 51.7 Å². The molecule has 0 bridgehead atoms. The Balaban J connectivity index is 1.80. The Morgan fingerprint density at radius 3 is 1.76 bits per heavy atom. The van der Waals surface area contributed by atoms with Gasteiger partial charge in [-0.15, -0.1) is 0 Å². The maximum Gasteiger partial charge on any atom is 0.197 e. The molecule has 0 spiro atoms. The first-order valence-electron chi connectivity index (χ1n) is 11.7. The van der Waals surface area contributed by atoms with Gasteiger partial charge in [0, 0.05) is 11.6 Å². The van der Waals surface area contributed by atoms with Crippen molar-refractivity contribution in [2.75, 3.05) is 13.2 Å². The topological polar surface area (TPSA) is 231 Å². The van der Waals surface area contributed by atoms with Crippen LogP contribution in [0.5, 0.6) is 17.2 Å². The summed E-state index contributed by atoms with van der Waals surface area (Å²) in [6.45, 7) is -0.966. The number of rotatable bonds is 3. The van der Waals surface area contributed by atoms with E-state index in [4.69, 9.17) is 13.9 Å². The number of benzene rings is 2. The Bertz CT molecular complexity index is 1400. The average molecular weight is 534 g/mol. The molecule has 5 rings (SSSR count). The molecule has 2 saturated heterocycles. The minimum atomic E-state index is -1.85. The van der Waals surface area contributed by atoms with Gasteiger partial charge in [0.2, 0.25) is 0 Å². The van der Waals surface area contributed by atoms with Crippen LogP contribution in [0.15, 0.2) is 39.5 Å². The zero-order valence-corrected chi connectivity index (χ0v) is 19.6. The van der Waals surface area contributed by atoms with Gasteiger partial charge in [-0.3, -0.25) is 4.79 Å². The number of hydrogen-bond acceptors (Lipinski definition) is 13. The Kier molecular flexibility index (Phi) is 6.79. The van der Waals surface area contributed by atoms with Crippen molar-refractivity contribution in [1.82, 2.24) is 0 Å². The smallest absolute Gasteiger partial charge is 0.197 e. The van der Waals surface area contributed by atoms with Crippen LogP contribution in [-0.2, 0) is 9.47 Å². The highest BCUT2D eigenvalue weighted by Gasteiger charge is 2.46. The maximum absolute atomic E-state index is 13.3. The molecular formula is C25H26O13. The number of phenols is 3. The summed E-state index contributed by atoms with van der Waals surface area (Å²) in [5, 5.41) is 93.1. The van der Waals surface area contributed by atoms with E-state index >= 15 is 0 Å². The molecule has 8 atom stereocenters. The molecule has 2 aromatic carbocycles. The molecule has 3 aromatic rings. The van der Waals surface area contributed by atoms with Gasteiger partial charge in [0.15, 0.2) is 11.0 Å². The largest absolute Gasteiger partial charge is 0.508 e. The molecule has 204 valence electrons. The van der Waals surface area contributed by atoms with Crippen LogP contribution < -0.4 is 5.43 Å². The third-order valence-electron chi connectivity index (χ3n) is 6.92. The molecule has 9 N–H and O–H groups in total. The zero-order valence-electron chi connectivity index (χ0n) is 19.6. The van der Waals surface area contributed by atoms with Crippen molar-refractivity contribution >= 4 is 11.0 Å². The first-order chi connectivity index (χ1) is 18.0. The van der Waals surface area contributed by atoms with Crippen molar-refractivity contribution in [1.29, 1.82) is 0 Å². The van der Waals surface area contributed by atoms with Gasteiger partial charge in [-0.2, -0.15) is 0 Å². The Morgan fingerprint density at radius 1 is 0.684 bits per heavy atom. The van der Waals surface area contributed by atoms with Gasteiger partial charge in [0.1, 0.15) is 77.2 Å². The maximum atomic E-state index is 13.3. The average Bonchev–Trinajstić information content (AvgIpc) is 2.88. The third-order valence-corrected chi connectivity index (χ3v) is 6.92. The summed E-state index contributed by atoms with van der Waals surface area (Å²) in [5.41, 5.74) is -1.86. The standard InChI is InChI=1S/C25H26O13/c26-9-3-1-8(2-4-9)13-5-10(27)14-19(32)15(24-21(34)17(30)11(28)6-36-24)20(33)16(23(14)38-13)25-22(35)18(31)12(29)7-37-25/h1-5,11-12,17-18,21-22,24-26,28-35H,6-7H2/t11-,12-,17+,18+,21+,22+,24-,25-/m0/s1. The van der Waals surface area contributed by atoms with Crippen molar-refractivity contribution in [3.63, 3.8) is 0 Å². The Hall–Kier alpha value is -3.27.